The van der Waals surface area contributed by atoms with Crippen LogP contribution in [-0.2, 0) is 22.4 Å². The van der Waals surface area contributed by atoms with Gasteiger partial charge < -0.3 is 9.64 Å². The molecule has 0 saturated carbocycles. The molecule has 2 aliphatic rings. The molecule has 4 rings (SSSR count). The summed E-state index contributed by atoms with van der Waals surface area (Å²) in [5, 5.41) is 0. The van der Waals surface area contributed by atoms with Crippen LogP contribution in [0.1, 0.15) is 37.3 Å². The first-order valence-corrected chi connectivity index (χ1v) is 11.3. The van der Waals surface area contributed by atoms with Crippen molar-refractivity contribution in [1.82, 2.24) is 4.90 Å². The molecule has 0 bridgehead atoms. The third kappa shape index (κ3) is 4.59. The smallest absolute Gasteiger partial charge is 0.323 e. The van der Waals surface area contributed by atoms with E-state index in [0.29, 0.717) is 6.61 Å². The maximum Gasteiger partial charge on any atom is 0.323 e. The molecule has 4 heteroatoms. The summed E-state index contributed by atoms with van der Waals surface area (Å²) in [6.45, 7) is 4.91. The molecular formula is C26H32N2O2. The monoisotopic (exact) mass is 404 g/mol. The van der Waals surface area contributed by atoms with Crippen LogP contribution in [0, 0.1) is 0 Å². The Balaban J connectivity index is 1.48. The summed E-state index contributed by atoms with van der Waals surface area (Å²) < 4.78 is 5.29. The van der Waals surface area contributed by atoms with E-state index in [0.717, 1.165) is 51.7 Å². The summed E-state index contributed by atoms with van der Waals surface area (Å²) in [6.07, 6.45) is 9.76. The molecular weight excluding hydrogens is 372 g/mol. The van der Waals surface area contributed by atoms with Crippen LogP contribution in [0.4, 0.5) is 11.4 Å². The van der Waals surface area contributed by atoms with E-state index in [4.69, 9.17) is 4.74 Å². The van der Waals surface area contributed by atoms with Crippen LogP contribution in [0.25, 0.3) is 0 Å². The molecule has 2 aliphatic heterocycles. The van der Waals surface area contributed by atoms with E-state index in [-0.39, 0.29) is 12.0 Å². The zero-order valence-electron chi connectivity index (χ0n) is 17.9. The lowest BCUT2D eigenvalue weighted by Gasteiger charge is -2.33. The van der Waals surface area contributed by atoms with E-state index >= 15 is 0 Å². The first kappa shape index (κ1) is 20.7. The number of aryl methyl sites for hydroxylation is 2. The molecule has 2 aromatic carbocycles. The Labute approximate surface area is 180 Å². The van der Waals surface area contributed by atoms with Gasteiger partial charge in [0.1, 0.15) is 6.04 Å². The summed E-state index contributed by atoms with van der Waals surface area (Å²) in [4.78, 5) is 17.0. The molecule has 0 spiro atoms. The van der Waals surface area contributed by atoms with E-state index in [1.165, 1.54) is 22.5 Å². The van der Waals surface area contributed by atoms with Crippen molar-refractivity contribution >= 4 is 17.3 Å². The zero-order valence-corrected chi connectivity index (χ0v) is 17.9. The number of rotatable bonds is 6. The third-order valence-electron chi connectivity index (χ3n) is 6.20. The van der Waals surface area contributed by atoms with Gasteiger partial charge in [0.25, 0.3) is 0 Å². The normalized spacial score (nSPS) is 19.2. The number of ether oxygens (including phenoxy) is 1. The average molecular weight is 405 g/mol. The van der Waals surface area contributed by atoms with Gasteiger partial charge in [0.2, 0.25) is 0 Å². The molecule has 1 saturated heterocycles. The fourth-order valence-electron chi connectivity index (χ4n) is 4.67. The largest absolute Gasteiger partial charge is 0.465 e. The first-order chi connectivity index (χ1) is 14.8. The number of nitrogens with zero attached hydrogens (tertiary/aromatic N) is 2. The summed E-state index contributed by atoms with van der Waals surface area (Å²) in [5.41, 5.74) is 5.41. The highest BCUT2D eigenvalue weighted by Crippen LogP contribution is 2.35. The van der Waals surface area contributed by atoms with Crippen LogP contribution in [0.15, 0.2) is 60.7 Å². The zero-order chi connectivity index (χ0) is 20.8. The highest BCUT2D eigenvalue weighted by atomic mass is 16.5. The predicted octanol–water partition coefficient (Wildman–Crippen LogP) is 4.90. The number of esters is 1. The quantitative estimate of drug-likeness (QED) is 0.507. The van der Waals surface area contributed by atoms with Gasteiger partial charge in [0, 0.05) is 24.5 Å². The van der Waals surface area contributed by atoms with Crippen molar-refractivity contribution in [2.24, 2.45) is 0 Å². The SMILES string of the molecule is CCOC(=O)C1CCCCN1C/C=C/CN1c2ccccc2CCc2ccccc21. The van der Waals surface area contributed by atoms with Gasteiger partial charge in [0.05, 0.1) is 6.61 Å². The highest BCUT2D eigenvalue weighted by molar-refractivity contribution is 5.76. The summed E-state index contributed by atoms with van der Waals surface area (Å²) >= 11 is 0. The Morgan fingerprint density at radius 2 is 1.60 bits per heavy atom. The number of hydrogen-bond acceptors (Lipinski definition) is 4. The van der Waals surface area contributed by atoms with Crippen LogP contribution in [-0.4, -0.2) is 43.2 Å². The summed E-state index contributed by atoms with van der Waals surface area (Å²) in [6, 6.07) is 17.4. The van der Waals surface area contributed by atoms with Crippen LogP contribution in [0.3, 0.4) is 0 Å². The van der Waals surface area contributed by atoms with Crippen molar-refractivity contribution in [2.75, 3.05) is 31.1 Å². The molecule has 0 radical (unpaired) electrons. The van der Waals surface area contributed by atoms with Gasteiger partial charge in [-0.1, -0.05) is 55.0 Å². The number of carbonyl (C=O) groups excluding carboxylic acids is 1. The number of fused-ring (bicyclic) bond motifs is 2. The standard InChI is InChI=1S/C26H32N2O2/c1-2-30-26(29)25-15-7-8-18-27(25)19-9-10-20-28-23-13-5-3-11-21(23)16-17-22-12-4-6-14-24(22)28/h3-6,9-14,25H,2,7-8,15-20H2,1H3/b10-9+. The lowest BCUT2D eigenvalue weighted by atomic mass is 10.0. The Hall–Kier alpha value is -2.59. The Kier molecular flexibility index (Phi) is 6.85. The maximum absolute atomic E-state index is 12.3. The highest BCUT2D eigenvalue weighted by Gasteiger charge is 2.28. The molecule has 0 aliphatic carbocycles. The van der Waals surface area contributed by atoms with Crippen LogP contribution in [0.2, 0.25) is 0 Å². The van der Waals surface area contributed by atoms with Crippen molar-refractivity contribution < 1.29 is 9.53 Å². The molecule has 0 aromatic heterocycles. The van der Waals surface area contributed by atoms with E-state index in [1.807, 2.05) is 6.92 Å². The number of anilines is 2. The number of likely N-dealkylation sites (tertiary alicyclic amines) is 1. The molecule has 0 N–H and O–H groups in total. The Morgan fingerprint density at radius 3 is 2.27 bits per heavy atom. The molecule has 4 nitrogen and oxygen atoms in total. The number of para-hydroxylation sites is 2. The molecule has 1 fully saturated rings. The second kappa shape index (κ2) is 9.94. The van der Waals surface area contributed by atoms with E-state index in [2.05, 4.69) is 70.5 Å². The lowest BCUT2D eigenvalue weighted by molar-refractivity contribution is -0.150. The molecule has 1 atom stereocenters. The van der Waals surface area contributed by atoms with Gasteiger partial charge in [-0.15, -0.1) is 0 Å². The fraction of sp³-hybridized carbons (Fsp3) is 0.423. The van der Waals surface area contributed by atoms with E-state index < -0.39 is 0 Å². The van der Waals surface area contributed by atoms with Crippen LogP contribution in [0.5, 0.6) is 0 Å². The first-order valence-electron chi connectivity index (χ1n) is 11.3. The molecule has 0 amide bonds. The van der Waals surface area contributed by atoms with Crippen molar-refractivity contribution in [3.63, 3.8) is 0 Å². The van der Waals surface area contributed by atoms with E-state index in [1.54, 1.807) is 0 Å². The molecule has 1 unspecified atom stereocenters. The lowest BCUT2D eigenvalue weighted by Crippen LogP contribution is -2.45. The van der Waals surface area contributed by atoms with Crippen molar-refractivity contribution in [3.8, 4) is 0 Å². The third-order valence-corrected chi connectivity index (χ3v) is 6.20. The van der Waals surface area contributed by atoms with E-state index in [9.17, 15) is 4.79 Å². The predicted molar refractivity (Wildman–Crippen MR) is 122 cm³/mol. The van der Waals surface area contributed by atoms with Crippen molar-refractivity contribution in [2.45, 2.75) is 45.1 Å². The van der Waals surface area contributed by atoms with Crippen molar-refractivity contribution in [3.05, 3.63) is 71.8 Å². The van der Waals surface area contributed by atoms with Gasteiger partial charge in [-0.05, 0) is 62.4 Å². The van der Waals surface area contributed by atoms with Gasteiger partial charge >= 0.3 is 5.97 Å². The van der Waals surface area contributed by atoms with Gasteiger partial charge in [-0.3, -0.25) is 9.69 Å². The summed E-state index contributed by atoms with van der Waals surface area (Å²) in [5.74, 6) is -0.0685. The molecule has 2 aromatic rings. The topological polar surface area (TPSA) is 32.8 Å². The second-order valence-corrected chi connectivity index (χ2v) is 8.10. The molecule has 30 heavy (non-hydrogen) atoms. The second-order valence-electron chi connectivity index (χ2n) is 8.10. The number of carbonyl (C=O) groups is 1. The van der Waals surface area contributed by atoms with Gasteiger partial charge in [-0.25, -0.2) is 0 Å². The number of piperidine rings is 1. The minimum absolute atomic E-state index is 0.0685. The number of benzene rings is 2. The number of hydrogen-bond donors (Lipinski definition) is 0. The minimum Gasteiger partial charge on any atom is -0.465 e. The average Bonchev–Trinajstić information content (AvgIpc) is 2.94. The Morgan fingerprint density at radius 1 is 0.967 bits per heavy atom. The minimum atomic E-state index is -0.0945. The fourth-order valence-corrected chi connectivity index (χ4v) is 4.67. The van der Waals surface area contributed by atoms with Gasteiger partial charge in [0.15, 0.2) is 0 Å². The molecule has 2 heterocycles. The Bertz CT molecular complexity index is 845. The van der Waals surface area contributed by atoms with Crippen LogP contribution < -0.4 is 4.90 Å². The summed E-state index contributed by atoms with van der Waals surface area (Å²) in [7, 11) is 0. The van der Waals surface area contributed by atoms with Gasteiger partial charge in [-0.2, -0.15) is 0 Å². The van der Waals surface area contributed by atoms with Crippen molar-refractivity contribution in [1.29, 1.82) is 0 Å². The van der Waals surface area contributed by atoms with Crippen LogP contribution >= 0.6 is 0 Å². The molecule has 158 valence electrons. The maximum atomic E-state index is 12.3.